The molecule has 1 saturated carbocycles. The Labute approximate surface area is 112 Å². The van der Waals surface area contributed by atoms with Gasteiger partial charge in [-0.25, -0.2) is 0 Å². The molecule has 0 bridgehead atoms. The van der Waals surface area contributed by atoms with Crippen molar-refractivity contribution in [3.63, 3.8) is 0 Å². The second kappa shape index (κ2) is 7.82. The quantitative estimate of drug-likeness (QED) is 0.312. The molecule has 1 aliphatic carbocycles. The second-order valence-corrected chi connectivity index (χ2v) is 9.51. The third kappa shape index (κ3) is 8.43. The zero-order valence-electron chi connectivity index (χ0n) is 10.1. The molecule has 80 valence electrons. The molecule has 0 aromatic carbocycles. The van der Waals surface area contributed by atoms with Crippen LogP contribution in [-0.2, 0) is 16.3 Å². The van der Waals surface area contributed by atoms with Gasteiger partial charge in [-0.05, 0) is 0 Å². The first kappa shape index (κ1) is 15.6. The van der Waals surface area contributed by atoms with Crippen molar-refractivity contribution in [2.75, 3.05) is 0 Å². The Morgan fingerprint density at radius 2 is 2.13 bits per heavy atom. The van der Waals surface area contributed by atoms with Gasteiger partial charge >= 0.3 is 30.0 Å². The van der Waals surface area contributed by atoms with Crippen LogP contribution in [0.3, 0.4) is 0 Å². The van der Waals surface area contributed by atoms with Gasteiger partial charge in [0.15, 0.2) is 0 Å². The van der Waals surface area contributed by atoms with E-state index in [-0.39, 0.29) is 0 Å². The van der Waals surface area contributed by atoms with Crippen molar-refractivity contribution < 1.29 is 16.3 Å². The number of allylic oxidation sites excluding steroid dienone is 1. The third-order valence-electron chi connectivity index (χ3n) is 2.09. The first-order valence-corrected chi connectivity index (χ1v) is 15.7. The Bertz CT molecular complexity index is 247. The van der Waals surface area contributed by atoms with Gasteiger partial charge in [0.25, 0.3) is 0 Å². The molecule has 0 nitrogen and oxygen atoms in total. The minimum atomic E-state index is -1.14. The van der Waals surface area contributed by atoms with Gasteiger partial charge in [0.05, 0.1) is 0 Å². The molecule has 1 atom stereocenters. The Hall–Kier alpha value is 0.620. The van der Waals surface area contributed by atoms with Crippen LogP contribution in [0.2, 0.25) is 19.6 Å². The van der Waals surface area contributed by atoms with Gasteiger partial charge in [-0.2, -0.15) is 12.8 Å². The molecule has 0 radical (unpaired) electrons. The fourth-order valence-electron chi connectivity index (χ4n) is 1.22. The van der Waals surface area contributed by atoms with Crippen molar-refractivity contribution in [2.24, 2.45) is 5.92 Å². The monoisotopic (exact) mass is 334 g/mol. The summed E-state index contributed by atoms with van der Waals surface area (Å²) in [7, 11) is -1.14. The van der Waals surface area contributed by atoms with E-state index in [1.165, 1.54) is 29.2 Å². The van der Waals surface area contributed by atoms with Crippen molar-refractivity contribution in [3.05, 3.63) is 18.6 Å². The summed E-state index contributed by atoms with van der Waals surface area (Å²) >= 11 is 4.25. The van der Waals surface area contributed by atoms with Crippen molar-refractivity contribution >= 4 is 21.7 Å². The van der Waals surface area contributed by atoms with Gasteiger partial charge in [0.2, 0.25) is 0 Å². The van der Waals surface area contributed by atoms with E-state index < -0.39 is 8.07 Å². The zero-order valence-corrected chi connectivity index (χ0v) is 15.6. The molecule has 1 fully saturated rings. The SMILES string of the molecule is C=CCC[C-]1C[C@@H]1C#C[Si](C)(C)C.[Zn+][Br]. The van der Waals surface area contributed by atoms with E-state index in [9.17, 15) is 0 Å². The van der Waals surface area contributed by atoms with Gasteiger partial charge in [-0.1, -0.05) is 32.1 Å². The molecule has 1 rings (SSSR count). The van der Waals surface area contributed by atoms with Crippen LogP contribution in [0.5, 0.6) is 0 Å². The van der Waals surface area contributed by atoms with E-state index in [2.05, 4.69) is 51.3 Å². The summed E-state index contributed by atoms with van der Waals surface area (Å²) in [5.74, 6) is 5.69. The van der Waals surface area contributed by atoms with Crippen LogP contribution in [0.4, 0.5) is 0 Å². The van der Waals surface area contributed by atoms with E-state index in [0.717, 1.165) is 6.42 Å². The zero-order chi connectivity index (χ0) is 11.9. The summed E-state index contributed by atoms with van der Waals surface area (Å²) in [6, 6.07) is 0. The fourth-order valence-corrected chi connectivity index (χ4v) is 1.83. The van der Waals surface area contributed by atoms with Crippen LogP contribution >= 0.6 is 13.6 Å². The summed E-state index contributed by atoms with van der Waals surface area (Å²) in [6.45, 7) is 10.6. The number of hydrogen-bond donors (Lipinski definition) is 0. The van der Waals surface area contributed by atoms with E-state index >= 15 is 0 Å². The molecule has 0 spiro atoms. The topological polar surface area (TPSA) is 0 Å². The summed E-state index contributed by atoms with van der Waals surface area (Å²) in [5, 5.41) is 0. The van der Waals surface area contributed by atoms with Crippen molar-refractivity contribution in [1.82, 2.24) is 0 Å². The minimum absolute atomic E-state index is 0.645. The Balaban J connectivity index is 0.000000921. The summed E-state index contributed by atoms with van der Waals surface area (Å²) in [5.41, 5.74) is 3.43. The average Bonchev–Trinajstić information content (AvgIpc) is 2.93. The molecule has 0 heterocycles. The maximum atomic E-state index is 3.73. The van der Waals surface area contributed by atoms with Gasteiger partial charge in [0, 0.05) is 0 Å². The number of halogens is 1. The molecule has 1 aliphatic rings. The van der Waals surface area contributed by atoms with Crippen LogP contribution in [0.25, 0.3) is 0 Å². The summed E-state index contributed by atoms with van der Waals surface area (Å²) < 4.78 is 0. The number of hydrogen-bond acceptors (Lipinski definition) is 0. The van der Waals surface area contributed by atoms with E-state index in [1.807, 2.05) is 6.08 Å². The van der Waals surface area contributed by atoms with Crippen LogP contribution in [-0.4, -0.2) is 8.07 Å². The molecule has 3 heteroatoms. The van der Waals surface area contributed by atoms with Crippen molar-refractivity contribution in [3.8, 4) is 11.5 Å². The van der Waals surface area contributed by atoms with E-state index in [0.29, 0.717) is 5.92 Å². The fraction of sp³-hybridized carbons (Fsp3) is 0.583. The first-order valence-electron chi connectivity index (χ1n) is 5.28. The van der Waals surface area contributed by atoms with Crippen molar-refractivity contribution in [1.29, 1.82) is 0 Å². The van der Waals surface area contributed by atoms with Gasteiger partial charge in [-0.3, -0.25) is 0 Å². The summed E-state index contributed by atoms with van der Waals surface area (Å²) in [6.07, 6.45) is 5.59. The molecule has 0 aliphatic heterocycles. The standard InChI is InChI=1S/C12H19Si.BrH.Zn/c1-5-6-7-11-10-12(11)8-9-13(2,3)4;;/h5,12H,1,6-7,10H2,2-4H3;1H;/q-1;;+2/p-1/t12-;;/m0../s1. The predicted molar refractivity (Wildman–Crippen MR) is 70.8 cm³/mol. The van der Waals surface area contributed by atoms with E-state index in [1.54, 1.807) is 5.92 Å². The van der Waals surface area contributed by atoms with Gasteiger partial charge in [-0.15, -0.1) is 24.0 Å². The normalized spacial score (nSPS) is 19.5. The molecule has 0 unspecified atom stereocenters. The molecular formula is C12H19BrSiZn. The van der Waals surface area contributed by atoms with E-state index in [4.69, 9.17) is 0 Å². The maximum absolute atomic E-state index is 3.73. The Kier molecular flexibility index (Phi) is 8.15. The average molecular weight is 337 g/mol. The molecule has 0 aromatic rings. The molecule has 15 heavy (non-hydrogen) atoms. The Morgan fingerprint density at radius 3 is 2.60 bits per heavy atom. The molecule has 0 amide bonds. The van der Waals surface area contributed by atoms with Gasteiger partial charge in [0.1, 0.15) is 8.07 Å². The predicted octanol–water partition coefficient (Wildman–Crippen LogP) is 4.27. The van der Waals surface area contributed by atoms with Gasteiger partial charge < -0.3 is 5.92 Å². The molecule has 0 N–H and O–H groups in total. The molecular weight excluding hydrogens is 318 g/mol. The summed E-state index contributed by atoms with van der Waals surface area (Å²) in [4.78, 5) is 0. The molecule has 0 saturated heterocycles. The first-order chi connectivity index (χ1) is 7.03. The molecule has 0 aromatic heterocycles. The van der Waals surface area contributed by atoms with Crippen LogP contribution < -0.4 is 0 Å². The van der Waals surface area contributed by atoms with Crippen LogP contribution in [0.1, 0.15) is 19.3 Å². The second-order valence-electron chi connectivity index (χ2n) is 4.76. The number of rotatable bonds is 3. The van der Waals surface area contributed by atoms with Crippen LogP contribution in [0, 0.1) is 23.3 Å². The Morgan fingerprint density at radius 1 is 1.53 bits per heavy atom. The van der Waals surface area contributed by atoms with Crippen LogP contribution in [0.15, 0.2) is 12.7 Å². The van der Waals surface area contributed by atoms with Crippen molar-refractivity contribution in [2.45, 2.75) is 38.9 Å². The third-order valence-corrected chi connectivity index (χ3v) is 2.98.